The van der Waals surface area contributed by atoms with Gasteiger partial charge in [0.15, 0.2) is 0 Å². The van der Waals surface area contributed by atoms with E-state index >= 15 is 0 Å². The molecule has 1 aromatic heterocycles. The van der Waals surface area contributed by atoms with Gasteiger partial charge in [-0.2, -0.15) is 0 Å². The van der Waals surface area contributed by atoms with Crippen LogP contribution in [0.15, 0.2) is 24.4 Å². The van der Waals surface area contributed by atoms with Crippen molar-refractivity contribution in [2.45, 2.75) is 12.8 Å². The first-order chi connectivity index (χ1) is 10.3. The number of piperidine rings is 1. The molecule has 0 unspecified atom stereocenters. The first kappa shape index (κ1) is 17.2. The van der Waals surface area contributed by atoms with E-state index in [1.54, 1.807) is 12.3 Å². The molecule has 1 amide bonds. The molecule has 122 valence electrons. The normalized spacial score (nSPS) is 20.5. The van der Waals surface area contributed by atoms with E-state index in [4.69, 9.17) is 0 Å². The monoisotopic (exact) mass is 324 g/mol. The van der Waals surface area contributed by atoms with E-state index in [1.807, 2.05) is 17.0 Å². The SMILES string of the molecule is Cl.O=C(c1ccccn1)N1CCN(CC2CCNCC2)CC1. The van der Waals surface area contributed by atoms with Gasteiger partial charge in [0.2, 0.25) is 0 Å². The molecule has 1 aromatic rings. The molecule has 5 nitrogen and oxygen atoms in total. The molecule has 0 radical (unpaired) electrons. The summed E-state index contributed by atoms with van der Waals surface area (Å²) >= 11 is 0. The molecule has 0 atom stereocenters. The molecule has 0 bridgehead atoms. The summed E-state index contributed by atoms with van der Waals surface area (Å²) in [6.45, 7) is 7.12. The number of carbonyl (C=O) groups is 1. The minimum atomic E-state index is 0. The molecule has 0 aliphatic carbocycles. The van der Waals surface area contributed by atoms with Crippen molar-refractivity contribution in [2.24, 2.45) is 5.92 Å². The van der Waals surface area contributed by atoms with E-state index < -0.39 is 0 Å². The third-order valence-corrected chi connectivity index (χ3v) is 4.52. The number of carbonyl (C=O) groups excluding carboxylic acids is 1. The number of rotatable bonds is 3. The molecule has 1 N–H and O–H groups in total. The van der Waals surface area contributed by atoms with Crippen LogP contribution in [0, 0.1) is 5.92 Å². The van der Waals surface area contributed by atoms with Crippen LogP contribution < -0.4 is 5.32 Å². The maximum Gasteiger partial charge on any atom is 0.272 e. The van der Waals surface area contributed by atoms with E-state index in [1.165, 1.54) is 19.4 Å². The van der Waals surface area contributed by atoms with Gasteiger partial charge < -0.3 is 10.2 Å². The standard InChI is InChI=1S/C16H24N4O.ClH/c21-16(15-3-1-2-6-18-15)20-11-9-19(10-12-20)13-14-4-7-17-8-5-14;/h1-3,6,14,17H,4-5,7-13H2;1H. The lowest BCUT2D eigenvalue weighted by molar-refractivity contribution is 0.0603. The van der Waals surface area contributed by atoms with Gasteiger partial charge in [0.05, 0.1) is 0 Å². The molecular formula is C16H25ClN4O. The lowest BCUT2D eigenvalue weighted by atomic mass is 9.97. The Hall–Kier alpha value is -1.17. The number of pyridine rings is 1. The van der Waals surface area contributed by atoms with Crippen molar-refractivity contribution < 1.29 is 4.79 Å². The molecule has 0 aromatic carbocycles. The number of aromatic nitrogens is 1. The lowest BCUT2D eigenvalue weighted by Crippen LogP contribution is -2.50. The van der Waals surface area contributed by atoms with Crippen LogP contribution in [0.2, 0.25) is 0 Å². The van der Waals surface area contributed by atoms with Gasteiger partial charge in [0.1, 0.15) is 5.69 Å². The Morgan fingerprint density at radius 1 is 1.18 bits per heavy atom. The number of nitrogens with one attached hydrogen (secondary N) is 1. The third kappa shape index (κ3) is 4.41. The third-order valence-electron chi connectivity index (χ3n) is 4.52. The maximum atomic E-state index is 12.3. The molecular weight excluding hydrogens is 300 g/mol. The summed E-state index contributed by atoms with van der Waals surface area (Å²) in [4.78, 5) is 20.9. The fourth-order valence-corrected chi connectivity index (χ4v) is 3.21. The number of amides is 1. The Bertz CT molecular complexity index is 456. The highest BCUT2D eigenvalue weighted by atomic mass is 35.5. The average Bonchev–Trinajstić information content (AvgIpc) is 2.57. The zero-order chi connectivity index (χ0) is 14.5. The minimum absolute atomic E-state index is 0. The quantitative estimate of drug-likeness (QED) is 0.909. The van der Waals surface area contributed by atoms with Crippen LogP contribution >= 0.6 is 12.4 Å². The second kappa shape index (κ2) is 8.46. The fraction of sp³-hybridized carbons (Fsp3) is 0.625. The number of piperazine rings is 1. The van der Waals surface area contributed by atoms with Crippen molar-refractivity contribution in [1.82, 2.24) is 20.1 Å². The van der Waals surface area contributed by atoms with E-state index in [0.717, 1.165) is 45.2 Å². The van der Waals surface area contributed by atoms with Gasteiger partial charge in [-0.1, -0.05) is 6.07 Å². The molecule has 0 saturated carbocycles. The number of hydrogen-bond donors (Lipinski definition) is 1. The number of hydrogen-bond acceptors (Lipinski definition) is 4. The van der Waals surface area contributed by atoms with Crippen LogP contribution in [0.4, 0.5) is 0 Å². The maximum absolute atomic E-state index is 12.3. The van der Waals surface area contributed by atoms with E-state index in [9.17, 15) is 4.79 Å². The van der Waals surface area contributed by atoms with Gasteiger partial charge in [-0.3, -0.25) is 14.7 Å². The van der Waals surface area contributed by atoms with E-state index in [2.05, 4.69) is 15.2 Å². The minimum Gasteiger partial charge on any atom is -0.335 e. The molecule has 2 saturated heterocycles. The van der Waals surface area contributed by atoms with Crippen molar-refractivity contribution in [1.29, 1.82) is 0 Å². The fourth-order valence-electron chi connectivity index (χ4n) is 3.21. The Morgan fingerprint density at radius 3 is 2.55 bits per heavy atom. The predicted molar refractivity (Wildman–Crippen MR) is 89.4 cm³/mol. The number of nitrogens with zero attached hydrogens (tertiary/aromatic N) is 3. The van der Waals surface area contributed by atoms with Gasteiger partial charge in [-0.05, 0) is 44.0 Å². The van der Waals surface area contributed by atoms with Gasteiger partial charge in [0.25, 0.3) is 5.91 Å². The van der Waals surface area contributed by atoms with Crippen LogP contribution in [-0.4, -0.2) is 66.5 Å². The lowest BCUT2D eigenvalue weighted by Gasteiger charge is -2.37. The number of halogens is 1. The van der Waals surface area contributed by atoms with Crippen molar-refractivity contribution in [3.05, 3.63) is 30.1 Å². The highest BCUT2D eigenvalue weighted by molar-refractivity contribution is 5.92. The van der Waals surface area contributed by atoms with Crippen LogP contribution in [-0.2, 0) is 0 Å². The van der Waals surface area contributed by atoms with Crippen LogP contribution in [0.1, 0.15) is 23.3 Å². The average molecular weight is 325 g/mol. The summed E-state index contributed by atoms with van der Waals surface area (Å²) in [6, 6.07) is 5.51. The second-order valence-electron chi connectivity index (χ2n) is 6.00. The highest BCUT2D eigenvalue weighted by Gasteiger charge is 2.24. The summed E-state index contributed by atoms with van der Waals surface area (Å²) in [7, 11) is 0. The Kier molecular flexibility index (Phi) is 6.61. The molecule has 2 aliphatic rings. The molecule has 0 spiro atoms. The first-order valence-electron chi connectivity index (χ1n) is 7.96. The molecule has 22 heavy (non-hydrogen) atoms. The smallest absolute Gasteiger partial charge is 0.272 e. The van der Waals surface area contributed by atoms with Crippen LogP contribution in [0.3, 0.4) is 0 Å². The van der Waals surface area contributed by atoms with Gasteiger partial charge in [0, 0.05) is 38.9 Å². The van der Waals surface area contributed by atoms with Crippen molar-refractivity contribution >= 4 is 18.3 Å². The highest BCUT2D eigenvalue weighted by Crippen LogP contribution is 2.15. The summed E-state index contributed by atoms with van der Waals surface area (Å²) in [5.74, 6) is 0.890. The van der Waals surface area contributed by atoms with Gasteiger partial charge in [-0.25, -0.2) is 0 Å². The van der Waals surface area contributed by atoms with Crippen molar-refractivity contribution in [3.8, 4) is 0 Å². The molecule has 3 heterocycles. The first-order valence-corrected chi connectivity index (χ1v) is 7.96. The molecule has 2 fully saturated rings. The predicted octanol–water partition coefficient (Wildman–Crippen LogP) is 1.26. The van der Waals surface area contributed by atoms with Gasteiger partial charge in [-0.15, -0.1) is 12.4 Å². The topological polar surface area (TPSA) is 48.5 Å². The van der Waals surface area contributed by atoms with Crippen molar-refractivity contribution in [3.63, 3.8) is 0 Å². The Morgan fingerprint density at radius 2 is 1.91 bits per heavy atom. The molecule has 3 rings (SSSR count). The Labute approximate surface area is 138 Å². The van der Waals surface area contributed by atoms with Crippen LogP contribution in [0.5, 0.6) is 0 Å². The van der Waals surface area contributed by atoms with E-state index in [-0.39, 0.29) is 18.3 Å². The van der Waals surface area contributed by atoms with Crippen LogP contribution in [0.25, 0.3) is 0 Å². The molecule has 2 aliphatic heterocycles. The zero-order valence-electron chi connectivity index (χ0n) is 12.9. The summed E-state index contributed by atoms with van der Waals surface area (Å²) < 4.78 is 0. The summed E-state index contributed by atoms with van der Waals surface area (Å²) in [5.41, 5.74) is 0.560. The van der Waals surface area contributed by atoms with E-state index in [0.29, 0.717) is 5.69 Å². The largest absolute Gasteiger partial charge is 0.335 e. The van der Waals surface area contributed by atoms with Gasteiger partial charge >= 0.3 is 0 Å². The Balaban J connectivity index is 0.00000176. The second-order valence-corrected chi connectivity index (χ2v) is 6.00. The van der Waals surface area contributed by atoms with Crippen molar-refractivity contribution in [2.75, 3.05) is 45.8 Å². The summed E-state index contributed by atoms with van der Waals surface area (Å²) in [6.07, 6.45) is 4.25. The molecule has 6 heteroatoms. The zero-order valence-corrected chi connectivity index (χ0v) is 13.7. The summed E-state index contributed by atoms with van der Waals surface area (Å²) in [5, 5.41) is 3.41.